The van der Waals surface area contributed by atoms with E-state index < -0.39 is 5.97 Å². The highest BCUT2D eigenvalue weighted by molar-refractivity contribution is 7.25. The Labute approximate surface area is 192 Å². The molecule has 162 valence electrons. The molecule has 0 fully saturated rings. The minimum atomic E-state index is -0.964. The summed E-state index contributed by atoms with van der Waals surface area (Å²) in [5.41, 5.74) is 2.02. The minimum Gasteiger partial charge on any atom is -0.478 e. The molecule has 0 amide bonds. The number of benzene rings is 3. The van der Waals surface area contributed by atoms with Crippen molar-refractivity contribution in [1.29, 1.82) is 0 Å². The maximum atomic E-state index is 11.2. The van der Waals surface area contributed by atoms with Gasteiger partial charge in [-0.1, -0.05) is 36.4 Å². The van der Waals surface area contributed by atoms with Crippen molar-refractivity contribution < 1.29 is 19.4 Å². The Morgan fingerprint density at radius 2 is 1.82 bits per heavy atom. The molecule has 0 saturated heterocycles. The maximum absolute atomic E-state index is 11.2. The highest BCUT2D eigenvalue weighted by Crippen LogP contribution is 2.38. The monoisotopic (exact) mass is 455 g/mol. The fraction of sp³-hybridized carbons (Fsp3) is 0.0800. The lowest BCUT2D eigenvalue weighted by atomic mass is 10.1. The molecule has 0 unspecified atom stereocenters. The molecule has 2 N–H and O–H groups in total. The number of anilines is 1. The summed E-state index contributed by atoms with van der Waals surface area (Å²) in [7, 11) is 0. The first-order valence-corrected chi connectivity index (χ1v) is 11.1. The molecule has 3 aromatic carbocycles. The largest absolute Gasteiger partial charge is 0.478 e. The summed E-state index contributed by atoms with van der Waals surface area (Å²) in [4.78, 5) is 21.7. The number of hydrogen-bond acceptors (Lipinski definition) is 7. The number of nitrogens with zero attached hydrogens (tertiary/aromatic N) is 2. The molecule has 0 atom stereocenters. The Hall–Kier alpha value is -4.17. The van der Waals surface area contributed by atoms with E-state index in [0.29, 0.717) is 12.4 Å². The second-order valence-corrected chi connectivity index (χ2v) is 8.63. The van der Waals surface area contributed by atoms with Crippen LogP contribution >= 0.6 is 11.3 Å². The zero-order chi connectivity index (χ0) is 22.4. The van der Waals surface area contributed by atoms with Gasteiger partial charge in [0, 0.05) is 22.2 Å². The third-order valence-corrected chi connectivity index (χ3v) is 6.59. The Balaban J connectivity index is 1.43. The number of aromatic carboxylic acids is 1. The first kappa shape index (κ1) is 19.5. The quantitative estimate of drug-likeness (QED) is 0.359. The molecular formula is C25H17N3O4S. The molecule has 0 spiro atoms. The molecule has 0 bridgehead atoms. The number of thiophene rings is 1. The predicted molar refractivity (Wildman–Crippen MR) is 127 cm³/mol. The summed E-state index contributed by atoms with van der Waals surface area (Å²) in [6.45, 7) is 0.786. The molecule has 0 radical (unpaired) electrons. The Bertz CT molecular complexity index is 1530. The van der Waals surface area contributed by atoms with Crippen LogP contribution in [-0.2, 0) is 6.54 Å². The summed E-state index contributed by atoms with van der Waals surface area (Å²) in [5.74, 6) is 1.79. The molecule has 7 nitrogen and oxygen atoms in total. The van der Waals surface area contributed by atoms with E-state index in [1.165, 1.54) is 0 Å². The van der Waals surface area contributed by atoms with Crippen LogP contribution in [0.3, 0.4) is 0 Å². The molecule has 3 heterocycles. The third-order valence-electron chi connectivity index (χ3n) is 5.53. The molecule has 33 heavy (non-hydrogen) atoms. The Morgan fingerprint density at radius 1 is 1.00 bits per heavy atom. The lowest BCUT2D eigenvalue weighted by Crippen LogP contribution is -2.04. The van der Waals surface area contributed by atoms with E-state index in [-0.39, 0.29) is 12.4 Å². The highest BCUT2D eigenvalue weighted by atomic mass is 32.1. The topological polar surface area (TPSA) is 93.6 Å². The number of hydrogen-bond donors (Lipinski definition) is 2. The van der Waals surface area contributed by atoms with E-state index in [2.05, 4.69) is 17.4 Å². The average molecular weight is 455 g/mol. The van der Waals surface area contributed by atoms with Crippen molar-refractivity contribution in [3.8, 4) is 22.9 Å². The van der Waals surface area contributed by atoms with Crippen LogP contribution in [0.15, 0.2) is 66.7 Å². The van der Waals surface area contributed by atoms with Crippen molar-refractivity contribution in [2.45, 2.75) is 6.54 Å². The van der Waals surface area contributed by atoms with Gasteiger partial charge in [0.2, 0.25) is 6.79 Å². The van der Waals surface area contributed by atoms with Crippen molar-refractivity contribution in [3.05, 3.63) is 77.9 Å². The van der Waals surface area contributed by atoms with Gasteiger partial charge in [0.25, 0.3) is 0 Å². The number of carboxylic acids is 1. The average Bonchev–Trinajstić information content (AvgIpc) is 3.46. The van der Waals surface area contributed by atoms with Gasteiger partial charge >= 0.3 is 5.97 Å². The fourth-order valence-electron chi connectivity index (χ4n) is 3.88. The fourth-order valence-corrected chi connectivity index (χ4v) is 4.95. The number of fused-ring (bicyclic) bond motifs is 4. The molecule has 1 aliphatic heterocycles. The van der Waals surface area contributed by atoms with Crippen molar-refractivity contribution in [2.24, 2.45) is 0 Å². The van der Waals surface area contributed by atoms with E-state index in [9.17, 15) is 9.90 Å². The van der Waals surface area contributed by atoms with Gasteiger partial charge in [-0.3, -0.25) is 0 Å². The van der Waals surface area contributed by atoms with Gasteiger partial charge in [-0.15, -0.1) is 11.3 Å². The standard InChI is InChI=1S/C25H17N3O4S/c29-25(30)16-8-6-15(7-9-16)22-27-23(21-17-3-1-2-4-20(17)33-24(21)28-22)26-12-14-5-10-18-19(11-14)32-13-31-18/h1-11H,12-13H2,(H,29,30)(H,26,27,28). The normalized spacial score (nSPS) is 12.4. The van der Waals surface area contributed by atoms with Crippen LogP contribution in [0.4, 0.5) is 5.82 Å². The minimum absolute atomic E-state index is 0.225. The summed E-state index contributed by atoms with van der Waals surface area (Å²) in [6, 6.07) is 20.6. The van der Waals surface area contributed by atoms with Gasteiger partial charge in [0.15, 0.2) is 17.3 Å². The lowest BCUT2D eigenvalue weighted by Gasteiger charge is -2.10. The van der Waals surface area contributed by atoms with Crippen LogP contribution in [0.5, 0.6) is 11.5 Å². The predicted octanol–water partition coefficient (Wildman–Crippen LogP) is 5.55. The summed E-state index contributed by atoms with van der Waals surface area (Å²) >= 11 is 1.61. The van der Waals surface area contributed by atoms with Crippen LogP contribution in [-0.4, -0.2) is 27.8 Å². The van der Waals surface area contributed by atoms with E-state index >= 15 is 0 Å². The Kier molecular flexibility index (Phi) is 4.58. The number of rotatable bonds is 5. The molecule has 0 saturated carbocycles. The second-order valence-electron chi connectivity index (χ2n) is 7.60. The first-order chi connectivity index (χ1) is 16.2. The Morgan fingerprint density at radius 3 is 2.67 bits per heavy atom. The van der Waals surface area contributed by atoms with Crippen LogP contribution in [0.2, 0.25) is 0 Å². The van der Waals surface area contributed by atoms with E-state index in [4.69, 9.17) is 19.4 Å². The highest BCUT2D eigenvalue weighted by Gasteiger charge is 2.17. The molecule has 0 aliphatic carbocycles. The molecule has 5 aromatic rings. The SMILES string of the molecule is O=C(O)c1ccc(-c2nc(NCc3ccc4c(c3)OCO4)c3c(n2)sc2ccccc23)cc1. The number of nitrogens with one attached hydrogen (secondary N) is 1. The van der Waals surface area contributed by atoms with Gasteiger partial charge < -0.3 is 19.9 Å². The zero-order valence-electron chi connectivity index (χ0n) is 17.2. The smallest absolute Gasteiger partial charge is 0.335 e. The molecular weight excluding hydrogens is 438 g/mol. The first-order valence-electron chi connectivity index (χ1n) is 10.3. The van der Waals surface area contributed by atoms with Crippen molar-refractivity contribution in [3.63, 3.8) is 0 Å². The molecule has 8 heteroatoms. The van der Waals surface area contributed by atoms with Crippen molar-refractivity contribution >= 4 is 43.4 Å². The van der Waals surface area contributed by atoms with Gasteiger partial charge in [-0.2, -0.15) is 0 Å². The van der Waals surface area contributed by atoms with Gasteiger partial charge in [-0.05, 0) is 35.9 Å². The van der Waals surface area contributed by atoms with Crippen LogP contribution in [0.1, 0.15) is 15.9 Å². The van der Waals surface area contributed by atoms with Gasteiger partial charge in [-0.25, -0.2) is 14.8 Å². The van der Waals surface area contributed by atoms with E-state index in [1.807, 2.05) is 30.3 Å². The number of carbonyl (C=O) groups is 1. The van der Waals surface area contributed by atoms with Crippen LogP contribution < -0.4 is 14.8 Å². The zero-order valence-corrected chi connectivity index (χ0v) is 18.1. The maximum Gasteiger partial charge on any atom is 0.335 e. The lowest BCUT2D eigenvalue weighted by molar-refractivity contribution is 0.0697. The molecule has 2 aromatic heterocycles. The summed E-state index contributed by atoms with van der Waals surface area (Å²) in [5, 5.41) is 14.7. The summed E-state index contributed by atoms with van der Waals surface area (Å²) < 4.78 is 12.0. The van der Waals surface area contributed by atoms with E-state index in [0.717, 1.165) is 48.7 Å². The summed E-state index contributed by atoms with van der Waals surface area (Å²) in [6.07, 6.45) is 0. The molecule has 1 aliphatic rings. The van der Waals surface area contributed by atoms with Gasteiger partial charge in [0.1, 0.15) is 10.6 Å². The number of aromatic nitrogens is 2. The third kappa shape index (κ3) is 3.50. The van der Waals surface area contributed by atoms with Crippen LogP contribution in [0.25, 0.3) is 31.7 Å². The van der Waals surface area contributed by atoms with Crippen molar-refractivity contribution in [1.82, 2.24) is 9.97 Å². The number of carboxylic acid groups (broad SMARTS) is 1. The number of ether oxygens (including phenoxy) is 2. The molecule has 6 rings (SSSR count). The van der Waals surface area contributed by atoms with Gasteiger partial charge in [0.05, 0.1) is 10.9 Å². The van der Waals surface area contributed by atoms with E-state index in [1.54, 1.807) is 35.6 Å². The van der Waals surface area contributed by atoms with Crippen molar-refractivity contribution in [2.75, 3.05) is 12.1 Å². The second kappa shape index (κ2) is 7.75. The van der Waals surface area contributed by atoms with Crippen LogP contribution in [0, 0.1) is 0 Å².